The molecule has 0 unspecified atom stereocenters. The quantitative estimate of drug-likeness (QED) is 0.806. The molecule has 0 fully saturated rings. The summed E-state index contributed by atoms with van der Waals surface area (Å²) in [6, 6.07) is 8.26. The topological polar surface area (TPSA) is 39.2 Å². The Bertz CT molecular complexity index is 431. The number of rotatable bonds is 3. The van der Waals surface area contributed by atoms with Crippen molar-refractivity contribution in [1.82, 2.24) is 0 Å². The lowest BCUT2D eigenvalue weighted by molar-refractivity contribution is 0.540. The van der Waals surface area contributed by atoms with Crippen molar-refractivity contribution in [2.24, 2.45) is 5.73 Å². The zero-order chi connectivity index (χ0) is 9.97. The van der Waals surface area contributed by atoms with Gasteiger partial charge in [0, 0.05) is 11.8 Å². The van der Waals surface area contributed by atoms with E-state index in [0.29, 0.717) is 0 Å². The van der Waals surface area contributed by atoms with Gasteiger partial charge in [0.25, 0.3) is 0 Å². The average molecular weight is 189 g/mol. The maximum atomic E-state index is 5.70. The van der Waals surface area contributed by atoms with Gasteiger partial charge in [0.15, 0.2) is 0 Å². The van der Waals surface area contributed by atoms with Gasteiger partial charge >= 0.3 is 0 Å². The fraction of sp³-hybridized carbons (Fsp3) is 0.333. The Morgan fingerprint density at radius 3 is 2.93 bits per heavy atom. The predicted octanol–water partition coefficient (Wildman–Crippen LogP) is 2.63. The Hall–Kier alpha value is -1.28. The fourth-order valence-electron chi connectivity index (χ4n) is 1.66. The third-order valence-electron chi connectivity index (χ3n) is 2.46. The molecule has 0 atom stereocenters. The molecule has 0 aliphatic rings. The number of fused-ring (bicyclic) bond motifs is 1. The highest BCUT2D eigenvalue weighted by molar-refractivity contribution is 5.81. The summed E-state index contributed by atoms with van der Waals surface area (Å²) in [5.74, 6) is 1.04. The molecule has 74 valence electrons. The van der Waals surface area contributed by atoms with Gasteiger partial charge in [0.05, 0.1) is 0 Å². The standard InChI is InChI=1S/C12H15NO/c1-9-4-2-6-12-11(9)8-10(14-12)5-3-7-13/h2,4,6,8H,3,5,7,13H2,1H3. The SMILES string of the molecule is Cc1cccc2oc(CCCN)cc12. The first-order chi connectivity index (χ1) is 6.81. The van der Waals surface area contributed by atoms with Crippen LogP contribution in [0.4, 0.5) is 0 Å². The van der Waals surface area contributed by atoms with E-state index in [1.165, 1.54) is 10.9 Å². The fourth-order valence-corrected chi connectivity index (χ4v) is 1.66. The zero-order valence-electron chi connectivity index (χ0n) is 8.42. The van der Waals surface area contributed by atoms with Crippen LogP contribution in [0.1, 0.15) is 17.7 Å². The summed E-state index contributed by atoms with van der Waals surface area (Å²) in [5, 5.41) is 1.22. The molecule has 14 heavy (non-hydrogen) atoms. The van der Waals surface area contributed by atoms with Crippen LogP contribution in [0.5, 0.6) is 0 Å². The minimum absolute atomic E-state index is 0.718. The molecule has 0 bridgehead atoms. The second-order valence-electron chi connectivity index (χ2n) is 3.59. The van der Waals surface area contributed by atoms with Crippen molar-refractivity contribution in [3.63, 3.8) is 0 Å². The molecule has 2 nitrogen and oxygen atoms in total. The van der Waals surface area contributed by atoms with Crippen LogP contribution in [0.15, 0.2) is 28.7 Å². The molecule has 0 spiro atoms. The van der Waals surface area contributed by atoms with E-state index in [1.807, 2.05) is 12.1 Å². The number of hydrogen-bond donors (Lipinski definition) is 1. The molecule has 2 aromatic rings. The minimum atomic E-state index is 0.718. The van der Waals surface area contributed by atoms with Gasteiger partial charge in [-0.15, -0.1) is 0 Å². The molecular weight excluding hydrogens is 174 g/mol. The van der Waals surface area contributed by atoms with E-state index >= 15 is 0 Å². The van der Waals surface area contributed by atoms with Gasteiger partial charge in [0.2, 0.25) is 0 Å². The summed E-state index contributed by atoms with van der Waals surface area (Å²) in [6.07, 6.45) is 1.92. The largest absolute Gasteiger partial charge is 0.461 e. The summed E-state index contributed by atoms with van der Waals surface area (Å²) in [4.78, 5) is 0. The van der Waals surface area contributed by atoms with Crippen LogP contribution in [0.2, 0.25) is 0 Å². The Kier molecular flexibility index (Phi) is 2.55. The van der Waals surface area contributed by atoms with Crippen LogP contribution in [-0.4, -0.2) is 6.54 Å². The number of aryl methyl sites for hydroxylation is 2. The summed E-state index contributed by atoms with van der Waals surface area (Å²) in [6.45, 7) is 2.82. The van der Waals surface area contributed by atoms with E-state index in [0.717, 1.165) is 30.7 Å². The molecule has 0 saturated heterocycles. The molecule has 2 rings (SSSR count). The normalized spacial score (nSPS) is 11.0. The van der Waals surface area contributed by atoms with Crippen LogP contribution in [-0.2, 0) is 6.42 Å². The lowest BCUT2D eigenvalue weighted by atomic mass is 10.1. The first-order valence-corrected chi connectivity index (χ1v) is 4.99. The molecule has 0 amide bonds. The average Bonchev–Trinajstić information content (AvgIpc) is 2.59. The van der Waals surface area contributed by atoms with E-state index in [4.69, 9.17) is 10.2 Å². The minimum Gasteiger partial charge on any atom is -0.461 e. The van der Waals surface area contributed by atoms with Crippen molar-refractivity contribution in [2.75, 3.05) is 6.54 Å². The summed E-state index contributed by atoms with van der Waals surface area (Å²) >= 11 is 0. The van der Waals surface area contributed by atoms with Crippen molar-refractivity contribution in [2.45, 2.75) is 19.8 Å². The zero-order valence-corrected chi connectivity index (χ0v) is 8.42. The third kappa shape index (κ3) is 1.66. The second kappa shape index (κ2) is 3.84. The predicted molar refractivity (Wildman–Crippen MR) is 58.3 cm³/mol. The van der Waals surface area contributed by atoms with Crippen LogP contribution in [0, 0.1) is 6.92 Å². The monoisotopic (exact) mass is 189 g/mol. The highest BCUT2D eigenvalue weighted by Crippen LogP contribution is 2.22. The van der Waals surface area contributed by atoms with Gasteiger partial charge in [-0.1, -0.05) is 12.1 Å². The Morgan fingerprint density at radius 2 is 2.21 bits per heavy atom. The maximum Gasteiger partial charge on any atom is 0.134 e. The highest BCUT2D eigenvalue weighted by Gasteiger charge is 2.04. The lowest BCUT2D eigenvalue weighted by Gasteiger charge is -1.91. The summed E-state index contributed by atoms with van der Waals surface area (Å²) in [7, 11) is 0. The van der Waals surface area contributed by atoms with Crippen LogP contribution >= 0.6 is 0 Å². The lowest BCUT2D eigenvalue weighted by Crippen LogP contribution is -1.99. The van der Waals surface area contributed by atoms with E-state index < -0.39 is 0 Å². The molecule has 1 heterocycles. The summed E-state index contributed by atoms with van der Waals surface area (Å²) in [5.41, 5.74) is 7.71. The van der Waals surface area contributed by atoms with Gasteiger partial charge in [-0.3, -0.25) is 0 Å². The molecule has 0 radical (unpaired) electrons. The number of benzene rings is 1. The molecule has 2 N–H and O–H groups in total. The van der Waals surface area contributed by atoms with Crippen molar-refractivity contribution in [3.05, 3.63) is 35.6 Å². The highest BCUT2D eigenvalue weighted by atomic mass is 16.3. The van der Waals surface area contributed by atoms with Crippen molar-refractivity contribution in [1.29, 1.82) is 0 Å². The van der Waals surface area contributed by atoms with Crippen LogP contribution < -0.4 is 5.73 Å². The van der Waals surface area contributed by atoms with Gasteiger partial charge in [-0.05, 0) is 37.6 Å². The van der Waals surface area contributed by atoms with Crippen LogP contribution in [0.3, 0.4) is 0 Å². The molecule has 0 saturated carbocycles. The van der Waals surface area contributed by atoms with E-state index in [2.05, 4.69) is 19.1 Å². The molecule has 1 aromatic carbocycles. The Balaban J connectivity index is 2.36. The first-order valence-electron chi connectivity index (χ1n) is 4.99. The van der Waals surface area contributed by atoms with E-state index in [1.54, 1.807) is 0 Å². The Labute approximate surface area is 83.7 Å². The number of nitrogens with two attached hydrogens (primary N) is 1. The van der Waals surface area contributed by atoms with Gasteiger partial charge < -0.3 is 10.2 Å². The van der Waals surface area contributed by atoms with Gasteiger partial charge in [-0.2, -0.15) is 0 Å². The van der Waals surface area contributed by atoms with E-state index in [9.17, 15) is 0 Å². The molecule has 0 aliphatic carbocycles. The van der Waals surface area contributed by atoms with Gasteiger partial charge in [-0.25, -0.2) is 0 Å². The second-order valence-corrected chi connectivity index (χ2v) is 3.59. The van der Waals surface area contributed by atoms with Crippen molar-refractivity contribution in [3.8, 4) is 0 Å². The van der Waals surface area contributed by atoms with Gasteiger partial charge in [0.1, 0.15) is 11.3 Å². The number of furan rings is 1. The molecule has 0 aliphatic heterocycles. The summed E-state index contributed by atoms with van der Waals surface area (Å²) < 4.78 is 5.70. The molecule has 1 aromatic heterocycles. The van der Waals surface area contributed by atoms with Crippen LogP contribution in [0.25, 0.3) is 11.0 Å². The van der Waals surface area contributed by atoms with Crippen molar-refractivity contribution < 1.29 is 4.42 Å². The maximum absolute atomic E-state index is 5.70. The molecular formula is C12H15NO. The number of hydrogen-bond acceptors (Lipinski definition) is 2. The first kappa shape index (κ1) is 9.28. The van der Waals surface area contributed by atoms with E-state index in [-0.39, 0.29) is 0 Å². The van der Waals surface area contributed by atoms with Crippen molar-refractivity contribution >= 4 is 11.0 Å². The molecule has 2 heteroatoms. The Morgan fingerprint density at radius 1 is 1.36 bits per heavy atom. The third-order valence-corrected chi connectivity index (χ3v) is 2.46. The smallest absolute Gasteiger partial charge is 0.134 e.